The van der Waals surface area contributed by atoms with E-state index in [4.69, 9.17) is 14.9 Å². The van der Waals surface area contributed by atoms with Crippen LogP contribution in [0.1, 0.15) is 18.7 Å². The Morgan fingerprint density at radius 2 is 2.11 bits per heavy atom. The minimum Gasteiger partial charge on any atom is -0.438 e. The number of alkyl halides is 3. The van der Waals surface area contributed by atoms with Crippen LogP contribution in [0.2, 0.25) is 0 Å². The molecular formula is C12H13F3N2O2. The molecule has 104 valence electrons. The molecule has 0 fully saturated rings. The lowest BCUT2D eigenvalue weighted by Crippen LogP contribution is -2.08. The van der Waals surface area contributed by atoms with Gasteiger partial charge >= 0.3 is 6.18 Å². The van der Waals surface area contributed by atoms with Gasteiger partial charge in [0.1, 0.15) is 12.1 Å². The molecule has 1 aromatic heterocycles. The van der Waals surface area contributed by atoms with Gasteiger partial charge in [0.25, 0.3) is 0 Å². The van der Waals surface area contributed by atoms with Gasteiger partial charge < -0.3 is 14.9 Å². The Hall–Kier alpha value is -1.76. The second-order valence-electron chi connectivity index (χ2n) is 4.11. The number of hydrogen-bond donors (Lipinski definition) is 1. The Bertz CT molecular complexity index is 551. The Labute approximate surface area is 107 Å². The average molecular weight is 274 g/mol. The molecule has 0 aliphatic heterocycles. The lowest BCUT2D eigenvalue weighted by molar-refractivity contribution is -0.138. The maximum Gasteiger partial charge on any atom is 0.389 e. The van der Waals surface area contributed by atoms with Crippen molar-refractivity contribution in [3.63, 3.8) is 0 Å². The highest BCUT2D eigenvalue weighted by atomic mass is 19.4. The van der Waals surface area contributed by atoms with Crippen molar-refractivity contribution in [1.82, 2.24) is 4.98 Å². The van der Waals surface area contributed by atoms with Crippen LogP contribution in [-0.4, -0.2) is 17.8 Å². The molecule has 0 spiro atoms. The first-order chi connectivity index (χ1) is 8.94. The number of benzene rings is 1. The van der Waals surface area contributed by atoms with Crippen molar-refractivity contribution in [3.05, 3.63) is 24.1 Å². The zero-order valence-corrected chi connectivity index (χ0v) is 10.0. The molecule has 1 aromatic carbocycles. The number of ether oxygens (including phenoxy) is 1. The highest BCUT2D eigenvalue weighted by Gasteiger charge is 2.25. The fraction of sp³-hybridized carbons (Fsp3) is 0.417. The van der Waals surface area contributed by atoms with Crippen molar-refractivity contribution in [1.29, 1.82) is 0 Å². The van der Waals surface area contributed by atoms with Crippen LogP contribution >= 0.6 is 0 Å². The van der Waals surface area contributed by atoms with Crippen LogP contribution in [0, 0.1) is 0 Å². The molecule has 0 aliphatic carbocycles. The summed E-state index contributed by atoms with van der Waals surface area (Å²) in [6.45, 7) is 0.0623. The molecule has 0 atom stereocenters. The molecule has 0 amide bonds. The first kappa shape index (κ1) is 13.7. The van der Waals surface area contributed by atoms with Gasteiger partial charge in [-0.3, -0.25) is 0 Å². The van der Waals surface area contributed by atoms with E-state index in [0.29, 0.717) is 22.7 Å². The molecule has 1 heterocycles. The molecule has 0 unspecified atom stereocenters. The largest absolute Gasteiger partial charge is 0.438 e. The molecule has 2 N–H and O–H groups in total. The summed E-state index contributed by atoms with van der Waals surface area (Å²) in [6, 6.07) is 5.04. The fourth-order valence-corrected chi connectivity index (χ4v) is 1.58. The summed E-state index contributed by atoms with van der Waals surface area (Å²) in [5.41, 5.74) is 7.32. The first-order valence-corrected chi connectivity index (χ1v) is 5.73. The predicted octanol–water partition coefficient (Wildman–Crippen LogP) is 3.27. The number of aromatic nitrogens is 1. The molecule has 19 heavy (non-hydrogen) atoms. The number of nitrogen functional groups attached to an aromatic ring is 1. The van der Waals surface area contributed by atoms with E-state index in [9.17, 15) is 13.2 Å². The Kier molecular flexibility index (Phi) is 3.94. The summed E-state index contributed by atoms with van der Waals surface area (Å²) in [7, 11) is 0. The smallest absolute Gasteiger partial charge is 0.389 e. The van der Waals surface area contributed by atoms with E-state index in [0.717, 1.165) is 0 Å². The predicted molar refractivity (Wildman–Crippen MR) is 63.4 cm³/mol. The van der Waals surface area contributed by atoms with Crippen LogP contribution in [-0.2, 0) is 11.3 Å². The molecule has 0 saturated carbocycles. The Balaban J connectivity index is 1.82. The molecule has 4 nitrogen and oxygen atoms in total. The lowest BCUT2D eigenvalue weighted by Gasteiger charge is -2.05. The summed E-state index contributed by atoms with van der Waals surface area (Å²) in [5, 5.41) is 0. The number of halogens is 3. The Morgan fingerprint density at radius 1 is 1.32 bits per heavy atom. The third-order valence-corrected chi connectivity index (χ3v) is 2.43. The number of rotatable bonds is 5. The second kappa shape index (κ2) is 5.48. The van der Waals surface area contributed by atoms with E-state index >= 15 is 0 Å². The minimum atomic E-state index is -4.14. The number of nitrogens with two attached hydrogens (primary N) is 1. The van der Waals surface area contributed by atoms with Crippen LogP contribution in [0.15, 0.2) is 22.6 Å². The highest BCUT2D eigenvalue weighted by Crippen LogP contribution is 2.21. The van der Waals surface area contributed by atoms with E-state index in [1.807, 2.05) is 0 Å². The zero-order chi connectivity index (χ0) is 13.9. The van der Waals surface area contributed by atoms with Crippen molar-refractivity contribution in [2.45, 2.75) is 25.6 Å². The van der Waals surface area contributed by atoms with Gasteiger partial charge in [0.2, 0.25) is 5.89 Å². The highest BCUT2D eigenvalue weighted by molar-refractivity contribution is 5.76. The molecular weight excluding hydrogens is 261 g/mol. The quantitative estimate of drug-likeness (QED) is 0.671. The van der Waals surface area contributed by atoms with Gasteiger partial charge in [-0.15, -0.1) is 0 Å². The van der Waals surface area contributed by atoms with Gasteiger partial charge in [0, 0.05) is 24.8 Å². The van der Waals surface area contributed by atoms with Crippen molar-refractivity contribution >= 4 is 16.8 Å². The van der Waals surface area contributed by atoms with Crippen molar-refractivity contribution in [3.8, 4) is 0 Å². The SMILES string of the molecule is Nc1ccc2nc(COCCCC(F)(F)F)oc2c1. The van der Waals surface area contributed by atoms with Gasteiger partial charge in [-0.25, -0.2) is 4.98 Å². The van der Waals surface area contributed by atoms with Gasteiger partial charge in [0.15, 0.2) is 5.58 Å². The number of hydrogen-bond acceptors (Lipinski definition) is 4. The third kappa shape index (κ3) is 4.13. The van der Waals surface area contributed by atoms with Gasteiger partial charge in [0.05, 0.1) is 0 Å². The maximum atomic E-state index is 11.9. The second-order valence-corrected chi connectivity index (χ2v) is 4.11. The average Bonchev–Trinajstić information content (AvgIpc) is 2.68. The molecule has 2 aromatic rings. The van der Waals surface area contributed by atoms with Crippen molar-refractivity contribution < 1.29 is 22.3 Å². The van der Waals surface area contributed by atoms with Crippen LogP contribution < -0.4 is 5.73 Å². The zero-order valence-electron chi connectivity index (χ0n) is 10.0. The van der Waals surface area contributed by atoms with Crippen molar-refractivity contribution in [2.24, 2.45) is 0 Å². The van der Waals surface area contributed by atoms with Crippen LogP contribution in [0.25, 0.3) is 11.1 Å². The van der Waals surface area contributed by atoms with Gasteiger partial charge in [-0.2, -0.15) is 13.2 Å². The van der Waals surface area contributed by atoms with E-state index in [1.54, 1.807) is 18.2 Å². The monoisotopic (exact) mass is 274 g/mol. The minimum absolute atomic E-state index is 0.0143. The fourth-order valence-electron chi connectivity index (χ4n) is 1.58. The third-order valence-electron chi connectivity index (χ3n) is 2.43. The summed E-state index contributed by atoms with van der Waals surface area (Å²) in [5.74, 6) is 0.326. The normalized spacial score (nSPS) is 12.2. The standard InChI is InChI=1S/C12H13F3N2O2/c13-12(14,15)4-1-5-18-7-11-17-9-3-2-8(16)6-10(9)19-11/h2-3,6H,1,4-5,7,16H2. The molecule has 0 radical (unpaired) electrons. The first-order valence-electron chi connectivity index (χ1n) is 5.73. The number of oxazole rings is 1. The maximum absolute atomic E-state index is 11.9. The van der Waals surface area contributed by atoms with E-state index in [2.05, 4.69) is 4.98 Å². The lowest BCUT2D eigenvalue weighted by atomic mass is 10.3. The topological polar surface area (TPSA) is 61.3 Å². The summed E-state index contributed by atoms with van der Waals surface area (Å²) < 4.78 is 46.1. The van der Waals surface area contributed by atoms with Crippen LogP contribution in [0.4, 0.5) is 18.9 Å². The molecule has 7 heteroatoms. The van der Waals surface area contributed by atoms with E-state index in [1.165, 1.54) is 0 Å². The molecule has 0 bridgehead atoms. The number of fused-ring (bicyclic) bond motifs is 1. The van der Waals surface area contributed by atoms with Crippen LogP contribution in [0.5, 0.6) is 0 Å². The number of anilines is 1. The summed E-state index contributed by atoms with van der Waals surface area (Å²) in [6.07, 6.45) is -5.06. The molecule has 2 rings (SSSR count). The Morgan fingerprint density at radius 3 is 2.84 bits per heavy atom. The summed E-state index contributed by atoms with van der Waals surface area (Å²) >= 11 is 0. The van der Waals surface area contributed by atoms with Gasteiger partial charge in [-0.1, -0.05) is 0 Å². The summed E-state index contributed by atoms with van der Waals surface area (Å²) in [4.78, 5) is 4.13. The molecule has 0 saturated heterocycles. The van der Waals surface area contributed by atoms with E-state index in [-0.39, 0.29) is 19.6 Å². The van der Waals surface area contributed by atoms with Crippen LogP contribution in [0.3, 0.4) is 0 Å². The number of nitrogens with zero attached hydrogens (tertiary/aromatic N) is 1. The molecule has 0 aliphatic rings. The van der Waals surface area contributed by atoms with Crippen molar-refractivity contribution in [2.75, 3.05) is 12.3 Å². The van der Waals surface area contributed by atoms with E-state index < -0.39 is 12.6 Å². The van der Waals surface area contributed by atoms with Gasteiger partial charge in [-0.05, 0) is 18.6 Å².